The predicted molar refractivity (Wildman–Crippen MR) is 81.9 cm³/mol. The van der Waals surface area contributed by atoms with E-state index in [0.717, 1.165) is 16.6 Å². The van der Waals surface area contributed by atoms with Gasteiger partial charge in [-0.25, -0.2) is 4.79 Å². The Morgan fingerprint density at radius 2 is 2.10 bits per heavy atom. The summed E-state index contributed by atoms with van der Waals surface area (Å²) in [5.41, 5.74) is 7.45. The lowest BCUT2D eigenvalue weighted by molar-refractivity contribution is 0.0524. The number of nitrogens with two attached hydrogens (primary N) is 1. The fourth-order valence-electron chi connectivity index (χ4n) is 2.21. The lowest BCUT2D eigenvalue weighted by Crippen LogP contribution is -2.37. The first-order valence-electron chi connectivity index (χ1n) is 6.92. The van der Waals surface area contributed by atoms with E-state index in [2.05, 4.69) is 10.4 Å². The van der Waals surface area contributed by atoms with E-state index in [9.17, 15) is 4.79 Å². The molecule has 1 aromatic heterocycles. The van der Waals surface area contributed by atoms with Crippen molar-refractivity contribution in [2.75, 3.05) is 6.54 Å². The van der Waals surface area contributed by atoms with Gasteiger partial charge >= 0.3 is 6.09 Å². The molecule has 0 radical (unpaired) electrons. The Hall–Kier alpha value is -2.08. The van der Waals surface area contributed by atoms with Crippen LogP contribution in [0.4, 0.5) is 4.79 Å². The van der Waals surface area contributed by atoms with Gasteiger partial charge in [0.1, 0.15) is 5.60 Å². The van der Waals surface area contributed by atoms with Crippen LogP contribution in [0.3, 0.4) is 0 Å². The zero-order valence-corrected chi connectivity index (χ0v) is 12.9. The number of amides is 1. The fraction of sp³-hybridized carbons (Fsp3) is 0.467. The average molecular weight is 290 g/mol. The molecule has 1 aromatic carbocycles. The molecule has 3 N–H and O–H groups in total. The van der Waals surface area contributed by atoms with Gasteiger partial charge in [0.05, 0.1) is 17.3 Å². The lowest BCUT2D eigenvalue weighted by atomic mass is 10.1. The Kier molecular flexibility index (Phi) is 4.18. The van der Waals surface area contributed by atoms with Crippen molar-refractivity contribution in [1.29, 1.82) is 0 Å². The summed E-state index contributed by atoms with van der Waals surface area (Å²) in [6, 6.07) is 7.44. The number of rotatable bonds is 3. The lowest BCUT2D eigenvalue weighted by Gasteiger charge is -2.21. The van der Waals surface area contributed by atoms with Gasteiger partial charge in [0.15, 0.2) is 0 Å². The highest BCUT2D eigenvalue weighted by Gasteiger charge is 2.19. The zero-order valence-electron chi connectivity index (χ0n) is 12.9. The van der Waals surface area contributed by atoms with Crippen LogP contribution in [0.25, 0.3) is 10.9 Å². The molecule has 1 unspecified atom stereocenters. The number of hydrogen-bond donors (Lipinski definition) is 2. The van der Waals surface area contributed by atoms with Crippen LogP contribution in [0.1, 0.15) is 32.5 Å². The van der Waals surface area contributed by atoms with E-state index in [1.54, 1.807) is 4.68 Å². The van der Waals surface area contributed by atoms with Crippen molar-refractivity contribution in [2.45, 2.75) is 32.4 Å². The summed E-state index contributed by atoms with van der Waals surface area (Å²) in [6.07, 6.45) is -0.468. The van der Waals surface area contributed by atoms with Crippen molar-refractivity contribution in [3.63, 3.8) is 0 Å². The molecule has 21 heavy (non-hydrogen) atoms. The third-order valence-electron chi connectivity index (χ3n) is 3.00. The van der Waals surface area contributed by atoms with Gasteiger partial charge in [0.25, 0.3) is 0 Å². The van der Waals surface area contributed by atoms with E-state index in [1.165, 1.54) is 0 Å². The van der Waals surface area contributed by atoms with Gasteiger partial charge in [-0.1, -0.05) is 18.2 Å². The average Bonchev–Trinajstić information content (AvgIpc) is 2.70. The molecular weight excluding hydrogens is 268 g/mol. The van der Waals surface area contributed by atoms with E-state index < -0.39 is 11.7 Å². The number of aryl methyl sites for hydroxylation is 1. The molecule has 0 saturated carbocycles. The van der Waals surface area contributed by atoms with Gasteiger partial charge in [-0.3, -0.25) is 4.68 Å². The van der Waals surface area contributed by atoms with Crippen LogP contribution < -0.4 is 11.1 Å². The Morgan fingerprint density at radius 1 is 1.43 bits per heavy atom. The van der Waals surface area contributed by atoms with Crippen LogP contribution in [0.2, 0.25) is 0 Å². The molecule has 0 aliphatic heterocycles. The number of carbonyl (C=O) groups is 1. The second kappa shape index (κ2) is 5.73. The summed E-state index contributed by atoms with van der Waals surface area (Å²) in [5.74, 6) is 0. The minimum Gasteiger partial charge on any atom is -0.444 e. The Labute approximate surface area is 124 Å². The van der Waals surface area contributed by atoms with E-state index in [1.807, 2.05) is 52.1 Å². The summed E-state index contributed by atoms with van der Waals surface area (Å²) in [4.78, 5) is 11.7. The Morgan fingerprint density at radius 3 is 2.76 bits per heavy atom. The Bertz CT molecular complexity index is 643. The SMILES string of the molecule is Cn1nc2ccccc2c1C(N)CNC(=O)OC(C)(C)C. The predicted octanol–water partition coefficient (Wildman–Crippen LogP) is 2.10. The molecule has 0 fully saturated rings. The van der Waals surface area contributed by atoms with E-state index in [-0.39, 0.29) is 6.04 Å². The van der Waals surface area contributed by atoms with Gasteiger partial charge in [0.2, 0.25) is 0 Å². The van der Waals surface area contributed by atoms with Gasteiger partial charge in [-0.2, -0.15) is 5.10 Å². The maximum Gasteiger partial charge on any atom is 0.407 e. The first kappa shape index (κ1) is 15.3. The molecular formula is C15H22N4O2. The highest BCUT2D eigenvalue weighted by Crippen LogP contribution is 2.21. The molecule has 0 spiro atoms. The molecule has 2 aromatic rings. The molecule has 1 heterocycles. The van der Waals surface area contributed by atoms with E-state index in [0.29, 0.717) is 6.54 Å². The summed E-state index contributed by atoms with van der Waals surface area (Å²) in [5, 5.41) is 8.10. The number of hydrogen-bond acceptors (Lipinski definition) is 4. The first-order valence-corrected chi connectivity index (χ1v) is 6.92. The fourth-order valence-corrected chi connectivity index (χ4v) is 2.21. The molecule has 6 heteroatoms. The number of aromatic nitrogens is 2. The number of ether oxygens (including phenoxy) is 1. The van der Waals surface area contributed by atoms with Crippen molar-refractivity contribution in [3.05, 3.63) is 30.0 Å². The van der Waals surface area contributed by atoms with Crippen LogP contribution in [-0.2, 0) is 11.8 Å². The van der Waals surface area contributed by atoms with Crippen molar-refractivity contribution in [1.82, 2.24) is 15.1 Å². The van der Waals surface area contributed by atoms with Crippen molar-refractivity contribution in [2.24, 2.45) is 12.8 Å². The molecule has 114 valence electrons. The maximum atomic E-state index is 11.7. The normalized spacial score (nSPS) is 13.2. The number of nitrogens with zero attached hydrogens (tertiary/aromatic N) is 2. The highest BCUT2D eigenvalue weighted by molar-refractivity contribution is 5.82. The van der Waals surface area contributed by atoms with Crippen LogP contribution in [-0.4, -0.2) is 28.0 Å². The first-order chi connectivity index (χ1) is 9.78. The van der Waals surface area contributed by atoms with Gasteiger partial charge in [-0.15, -0.1) is 0 Å². The molecule has 0 aliphatic rings. The summed E-state index contributed by atoms with van der Waals surface area (Å²) < 4.78 is 6.95. The third-order valence-corrected chi connectivity index (χ3v) is 3.00. The number of alkyl carbamates (subject to hydrolysis) is 1. The number of benzene rings is 1. The van der Waals surface area contributed by atoms with Crippen LogP contribution >= 0.6 is 0 Å². The molecule has 6 nitrogen and oxygen atoms in total. The molecule has 0 aliphatic carbocycles. The van der Waals surface area contributed by atoms with Crippen LogP contribution in [0.15, 0.2) is 24.3 Å². The molecule has 0 saturated heterocycles. The summed E-state index contributed by atoms with van der Waals surface area (Å²) in [7, 11) is 1.85. The monoisotopic (exact) mass is 290 g/mol. The Balaban J connectivity index is 2.07. The van der Waals surface area contributed by atoms with Crippen molar-refractivity contribution < 1.29 is 9.53 Å². The quantitative estimate of drug-likeness (QED) is 0.907. The topological polar surface area (TPSA) is 82.2 Å². The van der Waals surface area contributed by atoms with Gasteiger partial charge < -0.3 is 15.8 Å². The van der Waals surface area contributed by atoms with Crippen LogP contribution in [0, 0.1) is 0 Å². The molecule has 0 bridgehead atoms. The number of fused-ring (bicyclic) bond motifs is 1. The minimum atomic E-state index is -0.520. The number of carbonyl (C=O) groups excluding carboxylic acids is 1. The minimum absolute atomic E-state index is 0.290. The van der Waals surface area contributed by atoms with E-state index >= 15 is 0 Å². The molecule has 1 atom stereocenters. The van der Waals surface area contributed by atoms with Gasteiger partial charge in [-0.05, 0) is 26.8 Å². The summed E-state index contributed by atoms with van der Waals surface area (Å²) >= 11 is 0. The van der Waals surface area contributed by atoms with Gasteiger partial charge in [0, 0.05) is 19.0 Å². The zero-order chi connectivity index (χ0) is 15.6. The highest BCUT2D eigenvalue weighted by atomic mass is 16.6. The van der Waals surface area contributed by atoms with E-state index in [4.69, 9.17) is 10.5 Å². The number of nitrogens with one attached hydrogen (secondary N) is 1. The molecule has 1 amide bonds. The van der Waals surface area contributed by atoms with Crippen molar-refractivity contribution >= 4 is 17.0 Å². The second-order valence-corrected chi connectivity index (χ2v) is 6.02. The standard InChI is InChI=1S/C15H22N4O2/c1-15(2,3)21-14(20)17-9-11(16)13-10-7-5-6-8-12(10)18-19(13)4/h5-8,11H,9,16H2,1-4H3,(H,17,20). The third kappa shape index (κ3) is 3.72. The van der Waals surface area contributed by atoms with Crippen molar-refractivity contribution in [3.8, 4) is 0 Å². The summed E-state index contributed by atoms with van der Waals surface area (Å²) in [6.45, 7) is 5.75. The van der Waals surface area contributed by atoms with Crippen LogP contribution in [0.5, 0.6) is 0 Å². The maximum absolute atomic E-state index is 11.7. The molecule has 2 rings (SSSR count). The smallest absolute Gasteiger partial charge is 0.407 e. The second-order valence-electron chi connectivity index (χ2n) is 6.02. The largest absolute Gasteiger partial charge is 0.444 e.